The van der Waals surface area contributed by atoms with E-state index >= 15 is 0 Å². The molecule has 0 spiro atoms. The van der Waals surface area contributed by atoms with Crippen molar-refractivity contribution in [3.63, 3.8) is 0 Å². The van der Waals surface area contributed by atoms with Crippen LogP contribution in [0.2, 0.25) is 0 Å². The number of hydrogen-bond acceptors (Lipinski definition) is 1. The molecule has 1 amide bonds. The quantitative estimate of drug-likeness (QED) is 0.731. The first-order chi connectivity index (χ1) is 11.2. The Labute approximate surface area is 142 Å². The molecule has 0 aromatic heterocycles. The van der Waals surface area contributed by atoms with Crippen LogP contribution in [0.5, 0.6) is 0 Å². The number of rotatable bonds is 5. The Morgan fingerprint density at radius 3 is 2.61 bits per heavy atom. The molecule has 2 aromatic carbocycles. The number of carbonyl (C=O) groups excluding carboxylic acids is 1. The minimum atomic E-state index is -0.389. The minimum absolute atomic E-state index is 0.319. The van der Waals surface area contributed by atoms with Crippen molar-refractivity contribution < 1.29 is 4.79 Å². The van der Waals surface area contributed by atoms with Gasteiger partial charge in [-0.3, -0.25) is 4.79 Å². The van der Waals surface area contributed by atoms with Gasteiger partial charge in [0, 0.05) is 15.0 Å². The normalized spacial score (nSPS) is 22.0. The van der Waals surface area contributed by atoms with E-state index in [0.29, 0.717) is 14.3 Å². The van der Waals surface area contributed by atoms with Crippen molar-refractivity contribution in [2.45, 2.75) is 25.2 Å². The second kappa shape index (κ2) is 7.12. The molecule has 1 saturated heterocycles. The third-order valence-corrected chi connectivity index (χ3v) is 6.98. The Morgan fingerprint density at radius 2 is 1.91 bits per heavy atom. The van der Waals surface area contributed by atoms with Crippen molar-refractivity contribution in [2.24, 2.45) is 0 Å². The van der Waals surface area contributed by atoms with Gasteiger partial charge in [-0.05, 0) is 37.6 Å². The first-order valence-electron chi connectivity index (χ1n) is 8.01. The van der Waals surface area contributed by atoms with E-state index in [2.05, 4.69) is 66.8 Å². The average molecular weight is 343 g/mol. The molecule has 1 aliphatic rings. The van der Waals surface area contributed by atoms with E-state index in [9.17, 15) is 4.79 Å². The molecule has 1 heterocycles. The summed E-state index contributed by atoms with van der Waals surface area (Å²) < 4.78 is 2.09. The van der Waals surface area contributed by atoms with Gasteiger partial charge < -0.3 is 4.67 Å². The fourth-order valence-corrected chi connectivity index (χ4v) is 5.69. The van der Waals surface area contributed by atoms with E-state index in [1.807, 2.05) is 6.07 Å². The molecule has 1 aliphatic heterocycles. The van der Waals surface area contributed by atoms with Crippen molar-refractivity contribution in [1.82, 2.24) is 4.67 Å². The molecule has 0 radical (unpaired) electrons. The highest BCUT2D eigenvalue weighted by Gasteiger charge is 2.47. The van der Waals surface area contributed by atoms with E-state index in [4.69, 9.17) is 0 Å². The number of nitrogens with zero attached hydrogens (tertiary/aromatic N) is 1. The summed E-state index contributed by atoms with van der Waals surface area (Å²) in [5, 5.41) is 0. The zero-order valence-corrected chi connectivity index (χ0v) is 15.7. The van der Waals surface area contributed by atoms with E-state index < -0.39 is 0 Å². The monoisotopic (exact) mass is 343 g/mol. The van der Waals surface area contributed by atoms with E-state index in [-0.39, 0.29) is 5.41 Å². The molecule has 2 nitrogen and oxygen atoms in total. The lowest BCUT2D eigenvalue weighted by atomic mass is 9.74. The molecule has 1 fully saturated rings. The van der Waals surface area contributed by atoms with Crippen LogP contribution in [0.1, 0.15) is 23.1 Å². The molecule has 0 aliphatic carbocycles. The summed E-state index contributed by atoms with van der Waals surface area (Å²) in [6, 6.07) is 18.9. The highest BCUT2D eigenvalue weighted by molar-refractivity contribution is 8.10. The summed E-state index contributed by atoms with van der Waals surface area (Å²) in [5.41, 5.74) is 3.26. The van der Waals surface area contributed by atoms with Gasteiger partial charge in [0.15, 0.2) is 0 Å². The Kier molecular flexibility index (Phi) is 5.14. The van der Waals surface area contributed by atoms with Gasteiger partial charge in [-0.2, -0.15) is 0 Å². The molecule has 23 heavy (non-hydrogen) atoms. The third kappa shape index (κ3) is 3.35. The maximum atomic E-state index is 13.3. The van der Waals surface area contributed by atoms with Crippen molar-refractivity contribution in [2.75, 3.05) is 13.2 Å². The second-order valence-corrected chi connectivity index (χ2v) is 9.62. The maximum absolute atomic E-state index is 13.3. The van der Waals surface area contributed by atoms with Gasteiger partial charge in [0.25, 0.3) is 0 Å². The third-order valence-electron chi connectivity index (χ3n) is 4.58. The molecule has 0 bridgehead atoms. The Morgan fingerprint density at radius 1 is 1.13 bits per heavy atom. The van der Waals surface area contributed by atoms with Crippen molar-refractivity contribution in [3.8, 4) is 0 Å². The van der Waals surface area contributed by atoms with Crippen LogP contribution in [0.4, 0.5) is 0 Å². The summed E-state index contributed by atoms with van der Waals surface area (Å²) in [6.45, 7) is 5.17. The highest BCUT2D eigenvalue weighted by Crippen LogP contribution is 2.47. The van der Waals surface area contributed by atoms with E-state index in [0.717, 1.165) is 27.7 Å². The lowest BCUT2D eigenvalue weighted by Gasteiger charge is -2.29. The lowest BCUT2D eigenvalue weighted by Crippen LogP contribution is -2.37. The number of aryl methyl sites for hydroxylation is 1. The molecule has 2 aromatic rings. The average Bonchev–Trinajstić information content (AvgIpc) is 2.87. The van der Waals surface area contributed by atoms with Crippen LogP contribution in [-0.4, -0.2) is 23.8 Å². The van der Waals surface area contributed by atoms with Gasteiger partial charge >= 0.3 is 0 Å². The van der Waals surface area contributed by atoms with Crippen LogP contribution in [0.15, 0.2) is 54.6 Å². The molecule has 4 heteroatoms. The van der Waals surface area contributed by atoms with Gasteiger partial charge in [-0.25, -0.2) is 0 Å². The van der Waals surface area contributed by atoms with Crippen LogP contribution in [0.25, 0.3) is 0 Å². The van der Waals surface area contributed by atoms with Gasteiger partial charge in [0.2, 0.25) is 5.91 Å². The highest BCUT2D eigenvalue weighted by atomic mass is 32.0. The molecule has 3 atom stereocenters. The van der Waals surface area contributed by atoms with Crippen LogP contribution in [-0.2, 0) is 16.6 Å². The molecular formula is C19H23NOP2. The fraction of sp³-hybridized carbons (Fsp3) is 0.316. The number of hydrogen-bond donors (Lipinski definition) is 0. The predicted octanol–water partition coefficient (Wildman–Crippen LogP) is 4.52. The van der Waals surface area contributed by atoms with Crippen LogP contribution < -0.4 is 0 Å². The van der Waals surface area contributed by atoms with Crippen molar-refractivity contribution in [1.29, 1.82) is 0 Å². The van der Waals surface area contributed by atoms with Crippen LogP contribution in [0.3, 0.4) is 0 Å². The lowest BCUT2D eigenvalue weighted by molar-refractivity contribution is -0.128. The van der Waals surface area contributed by atoms with Gasteiger partial charge in [-0.1, -0.05) is 68.4 Å². The molecule has 120 valence electrons. The topological polar surface area (TPSA) is 20.3 Å². The Hall–Kier alpha value is -1.23. The number of benzene rings is 2. The van der Waals surface area contributed by atoms with Crippen molar-refractivity contribution >= 4 is 22.6 Å². The summed E-state index contributed by atoms with van der Waals surface area (Å²) in [6.07, 6.45) is 1.71. The molecule has 0 saturated carbocycles. The summed E-state index contributed by atoms with van der Waals surface area (Å²) in [7, 11) is 1.44. The van der Waals surface area contributed by atoms with E-state index in [1.165, 1.54) is 16.7 Å². The summed E-state index contributed by atoms with van der Waals surface area (Å²) in [4.78, 5) is 13.3. The Bertz CT molecular complexity index is 689. The smallest absolute Gasteiger partial charge is 0.236 e. The zero-order valence-electron chi connectivity index (χ0n) is 13.7. The largest absolute Gasteiger partial charge is 0.320 e. The molecule has 0 N–H and O–H groups in total. The van der Waals surface area contributed by atoms with Crippen molar-refractivity contribution in [3.05, 3.63) is 71.3 Å². The SMILES string of the molecule is CPPN1CC[C@@](Cc2ccccc2)(c2cccc(C)c2)C1=O. The molecular weight excluding hydrogens is 320 g/mol. The van der Waals surface area contributed by atoms with E-state index in [1.54, 1.807) is 0 Å². The Balaban J connectivity index is 2.02. The minimum Gasteiger partial charge on any atom is -0.320 e. The number of carbonyl (C=O) groups is 1. The second-order valence-electron chi connectivity index (χ2n) is 6.18. The predicted molar refractivity (Wildman–Crippen MR) is 102 cm³/mol. The number of amides is 1. The van der Waals surface area contributed by atoms with Gasteiger partial charge in [0.1, 0.15) is 0 Å². The van der Waals surface area contributed by atoms with Gasteiger partial charge in [0.05, 0.1) is 5.41 Å². The van der Waals surface area contributed by atoms with Gasteiger partial charge in [-0.15, -0.1) is 0 Å². The summed E-state index contributed by atoms with van der Waals surface area (Å²) >= 11 is 0. The summed E-state index contributed by atoms with van der Waals surface area (Å²) in [5.74, 6) is 0.319. The van der Waals surface area contributed by atoms with Crippen LogP contribution >= 0.6 is 16.7 Å². The standard InChI is InChI=1S/C19H23NOP2/c1-15-7-6-10-17(13-15)19(14-16-8-4-3-5-9-16)11-12-20(18(19)21)23-22-2/h3-10,13,22-23H,11-12,14H2,1-2H3/t19-/m1/s1. The molecule has 3 rings (SSSR count). The molecule has 2 unspecified atom stereocenters. The maximum Gasteiger partial charge on any atom is 0.236 e. The first-order valence-corrected chi connectivity index (χ1v) is 11.5. The van der Waals surface area contributed by atoms with Crippen LogP contribution in [0, 0.1) is 6.92 Å². The zero-order chi connectivity index (χ0) is 16.3. The first kappa shape index (κ1) is 16.6. The fourth-order valence-electron chi connectivity index (χ4n) is 3.43.